The van der Waals surface area contributed by atoms with Gasteiger partial charge in [0.1, 0.15) is 18.0 Å². The quantitative estimate of drug-likeness (QED) is 0.399. The predicted octanol–water partition coefficient (Wildman–Crippen LogP) is 2.31. The number of ether oxygens (including phenoxy) is 3. The van der Waals surface area contributed by atoms with Gasteiger partial charge in [0.25, 0.3) is 5.56 Å². The maximum Gasteiger partial charge on any atom is 0.326 e. The number of esters is 1. The van der Waals surface area contributed by atoms with Gasteiger partial charge in [0.2, 0.25) is 0 Å². The average molecular weight is 539 g/mol. The first kappa shape index (κ1) is 27.5. The standard InChI is InChI=1S/C29H38N4O6/c1-18-12-22(16-32(3)28(18)35)27-31-24-13-21(4-5-25(24)33(27)15-20-6-9-37-10-7-20)14-30-26(19(2)34)29(36)39-23-8-11-38-17-23/h4-5,12-13,16,19-20,23,26,30,34H,6-11,14-15,17H2,1-3H3/t19-,23+,26-/m0/s1. The third-order valence-electron chi connectivity index (χ3n) is 7.65. The molecule has 2 saturated heterocycles. The number of rotatable bonds is 9. The van der Waals surface area contributed by atoms with Crippen LogP contribution in [0, 0.1) is 12.8 Å². The third-order valence-corrected chi connectivity index (χ3v) is 7.65. The monoisotopic (exact) mass is 538 g/mol. The lowest BCUT2D eigenvalue weighted by Crippen LogP contribution is -2.46. The van der Waals surface area contributed by atoms with Gasteiger partial charge in [-0.2, -0.15) is 0 Å². The van der Waals surface area contributed by atoms with E-state index in [1.807, 2.05) is 31.3 Å². The average Bonchev–Trinajstić information content (AvgIpc) is 3.55. The molecule has 0 saturated carbocycles. The molecule has 210 valence electrons. The van der Waals surface area contributed by atoms with E-state index in [0.717, 1.165) is 60.6 Å². The molecule has 5 rings (SSSR count). The van der Waals surface area contributed by atoms with Crippen LogP contribution in [0.25, 0.3) is 22.4 Å². The highest BCUT2D eigenvalue weighted by molar-refractivity contribution is 5.81. The molecule has 0 radical (unpaired) electrons. The molecule has 4 heterocycles. The molecular formula is C29H38N4O6. The maximum absolute atomic E-state index is 12.7. The molecule has 2 aromatic heterocycles. The van der Waals surface area contributed by atoms with Crippen molar-refractivity contribution >= 4 is 17.0 Å². The number of benzene rings is 1. The van der Waals surface area contributed by atoms with Crippen LogP contribution in [0.3, 0.4) is 0 Å². The van der Waals surface area contributed by atoms with Crippen LogP contribution < -0.4 is 10.9 Å². The van der Waals surface area contributed by atoms with E-state index in [1.54, 1.807) is 18.5 Å². The smallest absolute Gasteiger partial charge is 0.326 e. The highest BCUT2D eigenvalue weighted by Gasteiger charge is 2.29. The summed E-state index contributed by atoms with van der Waals surface area (Å²) < 4.78 is 20.2. The van der Waals surface area contributed by atoms with Crippen LogP contribution in [-0.2, 0) is 39.1 Å². The van der Waals surface area contributed by atoms with Crippen LogP contribution in [0.5, 0.6) is 0 Å². The summed E-state index contributed by atoms with van der Waals surface area (Å²) in [5, 5.41) is 13.4. The summed E-state index contributed by atoms with van der Waals surface area (Å²) in [5.41, 5.74) is 4.33. The number of aromatic nitrogens is 3. The van der Waals surface area contributed by atoms with E-state index in [0.29, 0.717) is 37.7 Å². The number of hydrogen-bond donors (Lipinski definition) is 2. The van der Waals surface area contributed by atoms with Crippen molar-refractivity contribution in [1.29, 1.82) is 0 Å². The van der Waals surface area contributed by atoms with Gasteiger partial charge < -0.3 is 28.5 Å². The Morgan fingerprint density at radius 3 is 2.67 bits per heavy atom. The molecule has 0 aliphatic carbocycles. The Hall–Kier alpha value is -3.05. The summed E-state index contributed by atoms with van der Waals surface area (Å²) in [6, 6.07) is 7.14. The minimum Gasteiger partial charge on any atom is -0.459 e. The molecule has 39 heavy (non-hydrogen) atoms. The van der Waals surface area contributed by atoms with Crippen molar-refractivity contribution in [3.05, 3.63) is 51.9 Å². The van der Waals surface area contributed by atoms with Gasteiger partial charge in [-0.1, -0.05) is 6.07 Å². The van der Waals surface area contributed by atoms with Crippen molar-refractivity contribution < 1.29 is 24.1 Å². The molecule has 2 aliphatic rings. The first-order chi connectivity index (χ1) is 18.8. The Kier molecular flexibility index (Phi) is 8.46. The van der Waals surface area contributed by atoms with Crippen molar-refractivity contribution in [2.75, 3.05) is 26.4 Å². The largest absolute Gasteiger partial charge is 0.459 e. The van der Waals surface area contributed by atoms with Gasteiger partial charge in [-0.05, 0) is 56.4 Å². The second-order valence-corrected chi connectivity index (χ2v) is 10.8. The lowest BCUT2D eigenvalue weighted by Gasteiger charge is -2.23. The molecular weight excluding hydrogens is 500 g/mol. The number of fused-ring (bicyclic) bond motifs is 1. The third kappa shape index (κ3) is 6.24. The molecule has 2 fully saturated rings. The zero-order valence-electron chi connectivity index (χ0n) is 22.9. The summed E-state index contributed by atoms with van der Waals surface area (Å²) >= 11 is 0. The van der Waals surface area contributed by atoms with Gasteiger partial charge in [0.15, 0.2) is 0 Å². The van der Waals surface area contributed by atoms with Gasteiger partial charge in [0.05, 0.1) is 30.4 Å². The molecule has 0 amide bonds. The van der Waals surface area contributed by atoms with Gasteiger partial charge in [-0.25, -0.2) is 4.98 Å². The fourth-order valence-corrected chi connectivity index (χ4v) is 5.40. The normalized spacial score (nSPS) is 19.8. The van der Waals surface area contributed by atoms with E-state index in [2.05, 4.69) is 16.0 Å². The number of imidazole rings is 1. The Bertz CT molecular complexity index is 1340. The molecule has 10 nitrogen and oxygen atoms in total. The molecule has 0 spiro atoms. The Morgan fingerprint density at radius 1 is 1.21 bits per heavy atom. The van der Waals surface area contributed by atoms with E-state index < -0.39 is 18.1 Å². The van der Waals surface area contributed by atoms with Crippen LogP contribution >= 0.6 is 0 Å². The first-order valence-electron chi connectivity index (χ1n) is 13.7. The van der Waals surface area contributed by atoms with Crippen molar-refractivity contribution in [2.45, 2.75) is 64.4 Å². The second-order valence-electron chi connectivity index (χ2n) is 10.8. The van der Waals surface area contributed by atoms with Gasteiger partial charge >= 0.3 is 5.97 Å². The van der Waals surface area contributed by atoms with Gasteiger partial charge in [-0.15, -0.1) is 0 Å². The minimum atomic E-state index is -0.915. The van der Waals surface area contributed by atoms with Crippen molar-refractivity contribution in [3.8, 4) is 11.4 Å². The summed E-state index contributed by atoms with van der Waals surface area (Å²) in [6.45, 7) is 7.08. The predicted molar refractivity (Wildman–Crippen MR) is 146 cm³/mol. The number of aliphatic hydroxyl groups is 1. The van der Waals surface area contributed by atoms with Crippen LogP contribution in [0.2, 0.25) is 0 Å². The number of nitrogens with zero attached hydrogens (tertiary/aromatic N) is 3. The van der Waals surface area contributed by atoms with Gasteiger partial charge in [-0.3, -0.25) is 14.9 Å². The summed E-state index contributed by atoms with van der Waals surface area (Å²) in [5.74, 6) is 0.826. The first-order valence-corrected chi connectivity index (χ1v) is 13.7. The molecule has 3 aromatic rings. The lowest BCUT2D eigenvalue weighted by molar-refractivity contribution is -0.154. The fourth-order valence-electron chi connectivity index (χ4n) is 5.40. The number of nitrogens with one attached hydrogen (secondary N) is 1. The number of aryl methyl sites for hydroxylation is 2. The van der Waals surface area contributed by atoms with Crippen molar-refractivity contribution in [1.82, 2.24) is 19.4 Å². The van der Waals surface area contributed by atoms with E-state index in [4.69, 9.17) is 19.2 Å². The van der Waals surface area contributed by atoms with Crippen LogP contribution in [0.1, 0.15) is 37.3 Å². The van der Waals surface area contributed by atoms with E-state index in [1.165, 1.54) is 0 Å². The van der Waals surface area contributed by atoms with Gasteiger partial charge in [0, 0.05) is 57.1 Å². The Morgan fingerprint density at radius 2 is 1.97 bits per heavy atom. The zero-order valence-corrected chi connectivity index (χ0v) is 22.9. The topological polar surface area (TPSA) is 117 Å². The molecule has 0 unspecified atom stereocenters. The number of aliphatic hydroxyl groups excluding tert-OH is 1. The molecule has 10 heteroatoms. The number of hydrogen-bond acceptors (Lipinski definition) is 8. The summed E-state index contributed by atoms with van der Waals surface area (Å²) in [6.07, 6.45) is 3.32. The van der Waals surface area contributed by atoms with Crippen molar-refractivity contribution in [3.63, 3.8) is 0 Å². The molecule has 3 atom stereocenters. The molecule has 2 N–H and O–H groups in total. The van der Waals surface area contributed by atoms with Crippen LogP contribution in [0.4, 0.5) is 0 Å². The summed E-state index contributed by atoms with van der Waals surface area (Å²) in [4.78, 5) is 30.1. The zero-order chi connectivity index (χ0) is 27.5. The highest BCUT2D eigenvalue weighted by Crippen LogP contribution is 2.29. The summed E-state index contributed by atoms with van der Waals surface area (Å²) in [7, 11) is 1.76. The van der Waals surface area contributed by atoms with Crippen molar-refractivity contribution in [2.24, 2.45) is 13.0 Å². The molecule has 1 aromatic carbocycles. The van der Waals surface area contributed by atoms with Crippen LogP contribution in [-0.4, -0.2) is 69.9 Å². The second kappa shape index (κ2) is 12.0. The van der Waals surface area contributed by atoms with Crippen LogP contribution in [0.15, 0.2) is 35.3 Å². The Balaban J connectivity index is 1.41. The number of carbonyl (C=O) groups excluding carboxylic acids is 1. The SMILES string of the molecule is Cc1cc(-c2nc3cc(CN[C@H](C(=O)O[C@@H]4CCOC4)[C@H](C)O)ccc3n2CC2CCOCC2)cn(C)c1=O. The fraction of sp³-hybridized carbons (Fsp3) is 0.552. The van der Waals surface area contributed by atoms with E-state index in [-0.39, 0.29) is 11.7 Å². The molecule has 0 bridgehead atoms. The lowest BCUT2D eigenvalue weighted by atomic mass is 10.00. The van der Waals surface area contributed by atoms with E-state index in [9.17, 15) is 14.7 Å². The maximum atomic E-state index is 12.7. The molecule has 2 aliphatic heterocycles. The van der Waals surface area contributed by atoms with E-state index >= 15 is 0 Å². The number of pyridine rings is 1. The highest BCUT2D eigenvalue weighted by atomic mass is 16.6. The minimum absolute atomic E-state index is 0.0224. The Labute approximate surface area is 227 Å². The number of carbonyl (C=O) groups is 1.